The van der Waals surface area contributed by atoms with Crippen molar-refractivity contribution in [3.05, 3.63) is 51.8 Å². The fraction of sp³-hybridized carbons (Fsp3) is 0.158. The molecule has 0 saturated carbocycles. The Bertz CT molecular complexity index is 1070. The van der Waals surface area contributed by atoms with Gasteiger partial charge in [-0.2, -0.15) is 4.99 Å². The fourth-order valence-electron chi connectivity index (χ4n) is 2.46. The first kappa shape index (κ1) is 18.1. The maximum atomic E-state index is 12.7. The van der Waals surface area contributed by atoms with Gasteiger partial charge in [0, 0.05) is 16.7 Å². The average molecular weight is 387 g/mol. The minimum Gasteiger partial charge on any atom is -0.497 e. The Kier molecular flexibility index (Phi) is 5.31. The second-order valence-electron chi connectivity index (χ2n) is 5.31. The van der Waals surface area contributed by atoms with Crippen LogP contribution in [0.2, 0.25) is 5.02 Å². The Morgan fingerprint density at radius 2 is 1.92 bits per heavy atom. The fourth-order valence-corrected chi connectivity index (χ4v) is 3.76. The van der Waals surface area contributed by atoms with Crippen molar-refractivity contribution in [3.63, 3.8) is 0 Å². The van der Waals surface area contributed by atoms with E-state index in [2.05, 4.69) is 10.9 Å². The maximum absolute atomic E-state index is 12.7. The van der Waals surface area contributed by atoms with Crippen LogP contribution in [0.4, 0.5) is 0 Å². The molecular formula is C19H15ClN2O3S. The van der Waals surface area contributed by atoms with E-state index in [1.54, 1.807) is 24.3 Å². The van der Waals surface area contributed by atoms with Crippen molar-refractivity contribution in [1.82, 2.24) is 4.57 Å². The number of fused-ring (bicyclic) bond motifs is 1. The lowest BCUT2D eigenvalue weighted by atomic mass is 10.2. The van der Waals surface area contributed by atoms with E-state index < -0.39 is 5.91 Å². The van der Waals surface area contributed by atoms with Crippen LogP contribution < -0.4 is 14.3 Å². The van der Waals surface area contributed by atoms with E-state index >= 15 is 0 Å². The topological polar surface area (TPSA) is 52.8 Å². The lowest BCUT2D eigenvalue weighted by Crippen LogP contribution is -2.16. The number of nitrogens with zero attached hydrogens (tertiary/aromatic N) is 2. The minimum absolute atomic E-state index is 0.301. The minimum atomic E-state index is -0.411. The van der Waals surface area contributed by atoms with Crippen LogP contribution in [0.1, 0.15) is 10.4 Å². The van der Waals surface area contributed by atoms with E-state index in [9.17, 15) is 4.79 Å². The Labute approximate surface area is 159 Å². The molecule has 0 atom stereocenters. The summed E-state index contributed by atoms with van der Waals surface area (Å²) in [7, 11) is 3.05. The third-order valence-corrected chi connectivity index (χ3v) is 4.97. The van der Waals surface area contributed by atoms with E-state index in [-0.39, 0.29) is 0 Å². The molecule has 1 heterocycles. The van der Waals surface area contributed by atoms with Gasteiger partial charge in [0.15, 0.2) is 4.80 Å². The summed E-state index contributed by atoms with van der Waals surface area (Å²) in [6.07, 6.45) is 5.48. The zero-order valence-electron chi connectivity index (χ0n) is 14.2. The molecule has 0 bridgehead atoms. The van der Waals surface area contributed by atoms with E-state index in [0.29, 0.717) is 33.4 Å². The molecule has 1 aromatic heterocycles. The molecule has 3 rings (SSSR count). The summed E-state index contributed by atoms with van der Waals surface area (Å²) in [5.41, 5.74) is 1.25. The highest BCUT2D eigenvalue weighted by Crippen LogP contribution is 2.24. The van der Waals surface area contributed by atoms with Gasteiger partial charge in [0.05, 0.1) is 31.0 Å². The highest BCUT2D eigenvalue weighted by Gasteiger charge is 2.12. The van der Waals surface area contributed by atoms with Gasteiger partial charge in [0.25, 0.3) is 5.91 Å². The van der Waals surface area contributed by atoms with E-state index in [1.807, 2.05) is 16.7 Å². The van der Waals surface area contributed by atoms with Gasteiger partial charge >= 0.3 is 0 Å². The Hall–Kier alpha value is -2.75. The van der Waals surface area contributed by atoms with E-state index in [0.717, 1.165) is 10.2 Å². The number of benzene rings is 2. The number of amides is 1. The Morgan fingerprint density at radius 3 is 2.54 bits per heavy atom. The summed E-state index contributed by atoms with van der Waals surface area (Å²) in [6, 6.07) is 10.4. The molecule has 1 amide bonds. The number of hydrogen-bond acceptors (Lipinski definition) is 4. The van der Waals surface area contributed by atoms with Gasteiger partial charge in [-0.05, 0) is 30.3 Å². The van der Waals surface area contributed by atoms with Crippen LogP contribution in [0.25, 0.3) is 10.2 Å². The van der Waals surface area contributed by atoms with Crippen LogP contribution in [0.15, 0.2) is 41.4 Å². The lowest BCUT2D eigenvalue weighted by molar-refractivity contribution is 0.0997. The van der Waals surface area contributed by atoms with Gasteiger partial charge in [-0.1, -0.05) is 28.9 Å². The van der Waals surface area contributed by atoms with Crippen LogP contribution >= 0.6 is 22.9 Å². The number of ether oxygens (including phenoxy) is 2. The molecule has 0 aliphatic carbocycles. The van der Waals surface area contributed by atoms with Gasteiger partial charge in [-0.15, -0.1) is 6.42 Å². The average Bonchev–Trinajstić information content (AvgIpc) is 2.97. The summed E-state index contributed by atoms with van der Waals surface area (Å²) < 4.78 is 13.1. The molecule has 0 saturated heterocycles. The van der Waals surface area contributed by atoms with Crippen LogP contribution in [0, 0.1) is 12.3 Å². The number of terminal acetylenes is 1. The number of thiazole rings is 1. The molecule has 0 radical (unpaired) electrons. The quantitative estimate of drug-likeness (QED) is 0.642. The number of carbonyl (C=O) groups excluding carboxylic acids is 1. The monoisotopic (exact) mass is 386 g/mol. The molecule has 5 nitrogen and oxygen atoms in total. The number of aromatic nitrogens is 1. The zero-order chi connectivity index (χ0) is 18.7. The molecule has 0 aliphatic rings. The highest BCUT2D eigenvalue weighted by atomic mass is 35.5. The Morgan fingerprint density at radius 1 is 1.23 bits per heavy atom. The van der Waals surface area contributed by atoms with E-state index in [4.69, 9.17) is 27.5 Å². The van der Waals surface area contributed by atoms with Crippen LogP contribution in [-0.2, 0) is 6.54 Å². The van der Waals surface area contributed by atoms with Crippen LogP contribution in [-0.4, -0.2) is 24.7 Å². The van der Waals surface area contributed by atoms with E-state index in [1.165, 1.54) is 25.6 Å². The molecule has 26 heavy (non-hydrogen) atoms. The molecule has 2 aromatic carbocycles. The molecular weight excluding hydrogens is 372 g/mol. The third kappa shape index (κ3) is 3.59. The van der Waals surface area contributed by atoms with Crippen molar-refractivity contribution < 1.29 is 14.3 Å². The second-order valence-corrected chi connectivity index (χ2v) is 6.75. The van der Waals surface area contributed by atoms with Gasteiger partial charge in [-0.3, -0.25) is 4.79 Å². The lowest BCUT2D eigenvalue weighted by Gasteiger charge is -2.06. The summed E-state index contributed by atoms with van der Waals surface area (Å²) in [5.74, 6) is 3.21. The standard InChI is InChI=1S/C19H15ClN2O3S/c1-4-7-22-16-6-5-13(20)10-17(16)26-19(22)21-18(23)12-8-14(24-2)11-15(9-12)25-3/h1,5-6,8-11H,7H2,2-3H3. The number of halogens is 1. The van der Waals surface area contributed by atoms with Crippen molar-refractivity contribution in [2.75, 3.05) is 14.2 Å². The van der Waals surface area contributed by atoms with Crippen molar-refractivity contribution in [2.24, 2.45) is 4.99 Å². The van der Waals surface area contributed by atoms with Crippen molar-refractivity contribution >= 4 is 39.1 Å². The van der Waals surface area contributed by atoms with Gasteiger partial charge < -0.3 is 14.0 Å². The van der Waals surface area contributed by atoms with Crippen molar-refractivity contribution in [2.45, 2.75) is 6.54 Å². The maximum Gasteiger partial charge on any atom is 0.279 e. The molecule has 0 spiro atoms. The first-order valence-corrected chi connectivity index (χ1v) is 8.79. The largest absolute Gasteiger partial charge is 0.497 e. The molecule has 132 valence electrons. The molecule has 3 aromatic rings. The molecule has 0 unspecified atom stereocenters. The number of rotatable bonds is 4. The summed E-state index contributed by atoms with van der Waals surface area (Å²) in [6.45, 7) is 0.301. The van der Waals surface area contributed by atoms with Gasteiger partial charge in [-0.25, -0.2) is 0 Å². The van der Waals surface area contributed by atoms with Crippen LogP contribution in [0.5, 0.6) is 11.5 Å². The smallest absolute Gasteiger partial charge is 0.279 e. The molecule has 0 N–H and O–H groups in total. The van der Waals surface area contributed by atoms with Crippen LogP contribution in [0.3, 0.4) is 0 Å². The molecule has 7 heteroatoms. The summed E-state index contributed by atoms with van der Waals surface area (Å²) >= 11 is 7.41. The number of methoxy groups -OCH3 is 2. The highest BCUT2D eigenvalue weighted by molar-refractivity contribution is 7.16. The number of hydrogen-bond donors (Lipinski definition) is 0. The van der Waals surface area contributed by atoms with Crippen molar-refractivity contribution in [3.8, 4) is 23.8 Å². The first-order chi connectivity index (χ1) is 12.5. The predicted octanol–water partition coefficient (Wildman–Crippen LogP) is 3.75. The third-order valence-electron chi connectivity index (χ3n) is 3.69. The zero-order valence-corrected chi connectivity index (χ0v) is 15.7. The summed E-state index contributed by atoms with van der Waals surface area (Å²) in [5, 5.41) is 0.613. The molecule has 0 aliphatic heterocycles. The normalized spacial score (nSPS) is 11.4. The van der Waals surface area contributed by atoms with Crippen molar-refractivity contribution in [1.29, 1.82) is 0 Å². The summed E-state index contributed by atoms with van der Waals surface area (Å²) in [4.78, 5) is 17.5. The molecule has 0 fully saturated rings. The second kappa shape index (κ2) is 7.65. The van der Waals surface area contributed by atoms with Gasteiger partial charge in [0.1, 0.15) is 11.5 Å². The van der Waals surface area contributed by atoms with Gasteiger partial charge in [0.2, 0.25) is 0 Å². The SMILES string of the molecule is C#CCn1c(=NC(=O)c2cc(OC)cc(OC)c2)sc2cc(Cl)ccc21. The number of carbonyl (C=O) groups is 1. The Balaban J connectivity index is 2.14. The first-order valence-electron chi connectivity index (χ1n) is 7.60. The predicted molar refractivity (Wildman–Crippen MR) is 103 cm³/mol.